The van der Waals surface area contributed by atoms with Crippen LogP contribution in [0.1, 0.15) is 0 Å². The fourth-order valence-corrected chi connectivity index (χ4v) is 3.47. The van der Waals surface area contributed by atoms with Crippen LogP contribution in [0.25, 0.3) is 28.7 Å². The molecule has 2 aromatic heterocycles. The molecule has 0 unspecified atom stereocenters. The lowest BCUT2D eigenvalue weighted by molar-refractivity contribution is 0.416. The summed E-state index contributed by atoms with van der Waals surface area (Å²) < 4.78 is 38.3. The van der Waals surface area contributed by atoms with E-state index in [2.05, 4.69) is 14.7 Å². The molecule has 4 rings (SSSR count). The highest BCUT2D eigenvalue weighted by Gasteiger charge is 2.16. The van der Waals surface area contributed by atoms with E-state index in [4.69, 9.17) is 9.15 Å². The highest BCUT2D eigenvalue weighted by molar-refractivity contribution is 7.92. The summed E-state index contributed by atoms with van der Waals surface area (Å²) in [4.78, 5) is 8.94. The third-order valence-corrected chi connectivity index (χ3v) is 4.74. The lowest BCUT2D eigenvalue weighted by Gasteiger charge is -2.13. The molecule has 0 aliphatic heterocycles. The van der Waals surface area contributed by atoms with Crippen molar-refractivity contribution in [3.8, 4) is 34.4 Å². The molecule has 0 atom stereocenters. The Hall–Kier alpha value is -3.59. The van der Waals surface area contributed by atoms with Crippen LogP contribution in [0.15, 0.2) is 71.6 Å². The second-order valence-electron chi connectivity index (χ2n) is 6.28. The Labute approximate surface area is 167 Å². The molecule has 1 N–H and O–H groups in total. The van der Waals surface area contributed by atoms with Crippen molar-refractivity contribution >= 4 is 15.7 Å². The molecule has 0 aliphatic rings. The second kappa shape index (κ2) is 7.44. The maximum atomic E-state index is 11.5. The van der Waals surface area contributed by atoms with Crippen LogP contribution in [0.3, 0.4) is 0 Å². The van der Waals surface area contributed by atoms with Gasteiger partial charge in [0.05, 0.1) is 24.7 Å². The molecule has 148 valence electrons. The molecule has 29 heavy (non-hydrogen) atoms. The Morgan fingerprint density at radius 2 is 1.93 bits per heavy atom. The number of methoxy groups -OCH3 is 1. The van der Waals surface area contributed by atoms with Gasteiger partial charge in [0.2, 0.25) is 15.9 Å². The van der Waals surface area contributed by atoms with Gasteiger partial charge in [-0.1, -0.05) is 18.2 Å². The van der Waals surface area contributed by atoms with Crippen LogP contribution in [-0.4, -0.2) is 36.3 Å². The number of oxazole rings is 1. The minimum Gasteiger partial charge on any atom is -0.494 e. The van der Waals surface area contributed by atoms with E-state index in [1.54, 1.807) is 36.9 Å². The first-order valence-electron chi connectivity index (χ1n) is 8.65. The lowest BCUT2D eigenvalue weighted by Crippen LogP contribution is -2.10. The zero-order chi connectivity index (χ0) is 20.4. The van der Waals surface area contributed by atoms with Crippen molar-refractivity contribution in [3.63, 3.8) is 0 Å². The fraction of sp³-hybridized carbons (Fsp3) is 0.100. The Kier molecular flexibility index (Phi) is 4.81. The molecule has 2 heterocycles. The van der Waals surface area contributed by atoms with Gasteiger partial charge in [0.25, 0.3) is 0 Å². The summed E-state index contributed by atoms with van der Waals surface area (Å²) >= 11 is 0. The topological polar surface area (TPSA) is 99.2 Å². The monoisotopic (exact) mass is 410 g/mol. The van der Waals surface area contributed by atoms with Gasteiger partial charge in [-0.05, 0) is 24.3 Å². The van der Waals surface area contributed by atoms with E-state index in [1.165, 1.54) is 7.11 Å². The van der Waals surface area contributed by atoms with Gasteiger partial charge < -0.3 is 9.15 Å². The molecule has 0 saturated heterocycles. The van der Waals surface area contributed by atoms with Crippen molar-refractivity contribution in [2.45, 2.75) is 0 Å². The van der Waals surface area contributed by atoms with Crippen molar-refractivity contribution in [1.29, 1.82) is 0 Å². The molecule has 0 amide bonds. The van der Waals surface area contributed by atoms with E-state index in [0.29, 0.717) is 28.8 Å². The number of nitrogens with one attached hydrogen (secondary N) is 1. The molecule has 0 saturated carbocycles. The number of anilines is 1. The van der Waals surface area contributed by atoms with Gasteiger partial charge >= 0.3 is 0 Å². The number of hydrogen-bond donors (Lipinski definition) is 1. The van der Waals surface area contributed by atoms with Gasteiger partial charge in [-0.25, -0.2) is 18.4 Å². The number of hydrogen-bond acceptors (Lipinski definition) is 6. The maximum Gasteiger partial charge on any atom is 0.229 e. The average Bonchev–Trinajstić information content (AvgIpc) is 3.37. The van der Waals surface area contributed by atoms with E-state index < -0.39 is 10.0 Å². The SMILES string of the molecule is COc1cc(-n2ccnc2-c2coc(-c3ccccc3)n2)ccc1NS(C)(=O)=O. The zero-order valence-electron chi connectivity index (χ0n) is 15.7. The fourth-order valence-electron chi connectivity index (χ4n) is 2.90. The quantitative estimate of drug-likeness (QED) is 0.522. The van der Waals surface area contributed by atoms with Crippen molar-refractivity contribution in [2.24, 2.45) is 0 Å². The molecule has 9 heteroatoms. The van der Waals surface area contributed by atoms with Gasteiger partial charge in [0, 0.05) is 24.0 Å². The molecular weight excluding hydrogens is 392 g/mol. The Morgan fingerprint density at radius 1 is 1.14 bits per heavy atom. The van der Waals surface area contributed by atoms with Gasteiger partial charge in [-0.15, -0.1) is 0 Å². The van der Waals surface area contributed by atoms with Crippen LogP contribution >= 0.6 is 0 Å². The number of nitrogens with zero attached hydrogens (tertiary/aromatic N) is 3. The maximum absolute atomic E-state index is 11.5. The largest absolute Gasteiger partial charge is 0.494 e. The highest BCUT2D eigenvalue weighted by Crippen LogP contribution is 2.30. The minimum absolute atomic E-state index is 0.355. The zero-order valence-corrected chi connectivity index (χ0v) is 16.6. The molecule has 4 aromatic rings. The predicted octanol–water partition coefficient (Wildman–Crippen LogP) is 3.57. The number of aromatic nitrogens is 3. The van der Waals surface area contributed by atoms with E-state index in [0.717, 1.165) is 17.5 Å². The summed E-state index contributed by atoms with van der Waals surface area (Å²) in [7, 11) is -1.95. The van der Waals surface area contributed by atoms with Gasteiger partial charge in [-0.3, -0.25) is 9.29 Å². The summed E-state index contributed by atoms with van der Waals surface area (Å²) in [6.07, 6.45) is 6.08. The molecule has 0 aliphatic carbocycles. The van der Waals surface area contributed by atoms with E-state index >= 15 is 0 Å². The summed E-state index contributed by atoms with van der Waals surface area (Å²) in [6, 6.07) is 14.7. The normalized spacial score (nSPS) is 11.4. The first-order chi connectivity index (χ1) is 13.9. The van der Waals surface area contributed by atoms with Crippen LogP contribution in [-0.2, 0) is 10.0 Å². The van der Waals surface area contributed by atoms with Crippen LogP contribution in [0.5, 0.6) is 5.75 Å². The Morgan fingerprint density at radius 3 is 2.66 bits per heavy atom. The standard InChI is InChI=1S/C20H18N4O4S/c1-27-18-12-15(8-9-16(18)23-29(2,25)26)24-11-10-21-19(24)17-13-28-20(22-17)14-6-4-3-5-7-14/h3-13,23H,1-2H3. The Bertz CT molecular complexity index is 1250. The summed E-state index contributed by atoms with van der Waals surface area (Å²) in [5, 5.41) is 0. The molecule has 2 aromatic carbocycles. The van der Waals surface area contributed by atoms with Crippen molar-refractivity contribution in [3.05, 3.63) is 67.2 Å². The molecule has 0 bridgehead atoms. The Balaban J connectivity index is 1.71. The predicted molar refractivity (Wildman–Crippen MR) is 110 cm³/mol. The van der Waals surface area contributed by atoms with Crippen molar-refractivity contribution in [1.82, 2.24) is 14.5 Å². The summed E-state index contributed by atoms with van der Waals surface area (Å²) in [6.45, 7) is 0. The highest BCUT2D eigenvalue weighted by atomic mass is 32.2. The minimum atomic E-state index is -3.42. The number of imidazole rings is 1. The van der Waals surface area contributed by atoms with Gasteiger partial charge in [0.1, 0.15) is 17.7 Å². The third-order valence-electron chi connectivity index (χ3n) is 4.15. The van der Waals surface area contributed by atoms with Gasteiger partial charge in [-0.2, -0.15) is 0 Å². The first kappa shape index (κ1) is 18.8. The van der Waals surface area contributed by atoms with Crippen LogP contribution in [0.2, 0.25) is 0 Å². The van der Waals surface area contributed by atoms with E-state index in [-0.39, 0.29) is 0 Å². The average molecular weight is 410 g/mol. The summed E-state index contributed by atoms with van der Waals surface area (Å²) in [5.41, 5.74) is 2.53. The van der Waals surface area contributed by atoms with Crippen LogP contribution < -0.4 is 9.46 Å². The van der Waals surface area contributed by atoms with E-state index in [9.17, 15) is 8.42 Å². The lowest BCUT2D eigenvalue weighted by atomic mass is 10.2. The first-order valence-corrected chi connectivity index (χ1v) is 10.5. The molecule has 0 radical (unpaired) electrons. The van der Waals surface area contributed by atoms with Gasteiger partial charge in [0.15, 0.2) is 5.82 Å². The van der Waals surface area contributed by atoms with Crippen molar-refractivity contribution in [2.75, 3.05) is 18.1 Å². The smallest absolute Gasteiger partial charge is 0.229 e. The molecular formula is C20H18N4O4S. The molecule has 8 nitrogen and oxygen atoms in total. The molecule has 0 spiro atoms. The van der Waals surface area contributed by atoms with Crippen molar-refractivity contribution < 1.29 is 17.6 Å². The number of sulfonamides is 1. The second-order valence-corrected chi connectivity index (χ2v) is 8.03. The molecule has 0 fully saturated rings. The van der Waals surface area contributed by atoms with Crippen LogP contribution in [0, 0.1) is 0 Å². The van der Waals surface area contributed by atoms with Crippen LogP contribution in [0.4, 0.5) is 5.69 Å². The van der Waals surface area contributed by atoms with E-state index in [1.807, 2.05) is 34.9 Å². The number of benzene rings is 2. The number of rotatable bonds is 6. The third kappa shape index (κ3) is 3.99. The number of ether oxygens (including phenoxy) is 1. The summed E-state index contributed by atoms with van der Waals surface area (Å²) in [5.74, 6) is 1.47.